The number of hydrogen-bond acceptors (Lipinski definition) is 6. The summed E-state index contributed by atoms with van der Waals surface area (Å²) in [6.07, 6.45) is 0.231. The fourth-order valence-electron chi connectivity index (χ4n) is 4.80. The highest BCUT2D eigenvalue weighted by molar-refractivity contribution is 5.81. The second kappa shape index (κ2) is 10.2. The van der Waals surface area contributed by atoms with Crippen LogP contribution in [-0.2, 0) is 20.9 Å². The van der Waals surface area contributed by atoms with Crippen LogP contribution < -0.4 is 5.32 Å². The Morgan fingerprint density at radius 2 is 1.75 bits per heavy atom. The SMILES string of the molecule is CC[C@H](C)[C@H](OCc1ccccc1)[C@H]1[C@H]([N+](=O)[O-])[C@H](c2ccccc2)N[C@]1(C)C(=O)OC. The Morgan fingerprint density at radius 1 is 1.16 bits per heavy atom. The Morgan fingerprint density at radius 3 is 2.28 bits per heavy atom. The minimum atomic E-state index is -1.28. The summed E-state index contributed by atoms with van der Waals surface area (Å²) in [5, 5.41) is 15.7. The predicted octanol–water partition coefficient (Wildman–Crippen LogP) is 4.16. The predicted molar refractivity (Wildman–Crippen MR) is 121 cm³/mol. The lowest BCUT2D eigenvalue weighted by atomic mass is 9.75. The van der Waals surface area contributed by atoms with Gasteiger partial charge in [-0.2, -0.15) is 0 Å². The molecule has 0 aliphatic carbocycles. The third-order valence-corrected chi connectivity index (χ3v) is 6.69. The number of hydrogen-bond donors (Lipinski definition) is 1. The number of nitrogens with zero attached hydrogens (tertiary/aromatic N) is 1. The van der Waals surface area contributed by atoms with Crippen molar-refractivity contribution >= 4 is 5.97 Å². The van der Waals surface area contributed by atoms with Gasteiger partial charge in [0, 0.05) is 4.92 Å². The van der Waals surface area contributed by atoms with Gasteiger partial charge >= 0.3 is 5.97 Å². The number of benzene rings is 2. The largest absolute Gasteiger partial charge is 0.468 e. The lowest BCUT2D eigenvalue weighted by molar-refractivity contribution is -0.536. The van der Waals surface area contributed by atoms with Crippen LogP contribution in [0.15, 0.2) is 60.7 Å². The first-order valence-electron chi connectivity index (χ1n) is 11.0. The summed E-state index contributed by atoms with van der Waals surface area (Å²) < 4.78 is 11.5. The van der Waals surface area contributed by atoms with E-state index in [0.717, 1.165) is 17.5 Å². The second-order valence-corrected chi connectivity index (χ2v) is 8.68. The summed E-state index contributed by atoms with van der Waals surface area (Å²) >= 11 is 0. The van der Waals surface area contributed by atoms with Gasteiger partial charge in [-0.15, -0.1) is 0 Å². The molecule has 0 unspecified atom stereocenters. The summed E-state index contributed by atoms with van der Waals surface area (Å²) in [6.45, 7) is 6.05. The molecule has 2 aromatic rings. The maximum absolute atomic E-state index is 13.0. The molecule has 1 aliphatic rings. The third-order valence-electron chi connectivity index (χ3n) is 6.69. The van der Waals surface area contributed by atoms with Crippen molar-refractivity contribution in [3.63, 3.8) is 0 Å². The molecule has 7 nitrogen and oxygen atoms in total. The fraction of sp³-hybridized carbons (Fsp3) is 0.480. The van der Waals surface area contributed by atoms with Crippen molar-refractivity contribution in [2.45, 2.75) is 57.5 Å². The molecule has 1 heterocycles. The monoisotopic (exact) mass is 440 g/mol. The first-order chi connectivity index (χ1) is 15.3. The minimum Gasteiger partial charge on any atom is -0.468 e. The summed E-state index contributed by atoms with van der Waals surface area (Å²) in [5.74, 6) is -1.26. The zero-order valence-electron chi connectivity index (χ0n) is 19.1. The quantitative estimate of drug-likeness (QED) is 0.358. The average molecular weight is 441 g/mol. The Balaban J connectivity index is 2.06. The fourth-order valence-corrected chi connectivity index (χ4v) is 4.80. The molecule has 3 rings (SSSR count). The maximum Gasteiger partial charge on any atom is 0.326 e. The number of carbonyl (C=O) groups excluding carboxylic acids is 1. The highest BCUT2D eigenvalue weighted by atomic mass is 16.6. The molecule has 6 atom stereocenters. The van der Waals surface area contributed by atoms with Gasteiger partial charge in [0.25, 0.3) is 0 Å². The first kappa shape index (κ1) is 23.9. The molecule has 0 bridgehead atoms. The van der Waals surface area contributed by atoms with E-state index in [9.17, 15) is 14.9 Å². The number of carbonyl (C=O) groups is 1. The van der Waals surface area contributed by atoms with E-state index >= 15 is 0 Å². The molecular formula is C25H32N2O5. The molecule has 1 aliphatic heterocycles. The molecule has 2 aromatic carbocycles. The van der Waals surface area contributed by atoms with Gasteiger partial charge in [-0.05, 0) is 24.0 Å². The number of nitrogens with one attached hydrogen (secondary N) is 1. The van der Waals surface area contributed by atoms with Crippen LogP contribution in [0.3, 0.4) is 0 Å². The van der Waals surface area contributed by atoms with Gasteiger partial charge in [0.05, 0.1) is 25.7 Å². The van der Waals surface area contributed by atoms with Crippen molar-refractivity contribution in [3.8, 4) is 0 Å². The summed E-state index contributed by atoms with van der Waals surface area (Å²) in [5.41, 5.74) is 0.458. The number of esters is 1. The Labute approximate surface area is 189 Å². The summed E-state index contributed by atoms with van der Waals surface area (Å²) in [7, 11) is 1.31. The number of nitro groups is 1. The second-order valence-electron chi connectivity index (χ2n) is 8.68. The smallest absolute Gasteiger partial charge is 0.326 e. The van der Waals surface area contributed by atoms with Crippen molar-refractivity contribution < 1.29 is 19.2 Å². The van der Waals surface area contributed by atoms with Crippen LogP contribution in [0.2, 0.25) is 0 Å². The molecule has 7 heteroatoms. The molecule has 0 saturated carbocycles. The van der Waals surface area contributed by atoms with Gasteiger partial charge in [0.1, 0.15) is 11.6 Å². The Kier molecular flexibility index (Phi) is 7.64. The highest BCUT2D eigenvalue weighted by Crippen LogP contribution is 2.45. The van der Waals surface area contributed by atoms with Gasteiger partial charge in [-0.25, -0.2) is 0 Å². The molecule has 1 N–H and O–H groups in total. The average Bonchev–Trinajstić information content (AvgIpc) is 3.14. The molecule has 1 saturated heterocycles. The zero-order valence-corrected chi connectivity index (χ0v) is 19.1. The molecule has 32 heavy (non-hydrogen) atoms. The van der Waals surface area contributed by atoms with Crippen LogP contribution in [0.1, 0.15) is 44.4 Å². The van der Waals surface area contributed by atoms with Crippen LogP contribution in [0, 0.1) is 22.0 Å². The maximum atomic E-state index is 13.0. The number of ether oxygens (including phenoxy) is 2. The van der Waals surface area contributed by atoms with E-state index in [0.29, 0.717) is 6.61 Å². The Hall–Kier alpha value is -2.77. The van der Waals surface area contributed by atoms with E-state index in [2.05, 4.69) is 5.32 Å². The standard InChI is InChI=1S/C25H32N2O5/c1-5-17(2)23(32-16-18-12-8-6-9-13-18)20-22(27(29)30)21(19-14-10-7-11-15-19)26-25(20,3)24(28)31-4/h6-15,17,20-23,26H,5,16H2,1-4H3/t17-,20+,21-,22-,23-,25-/m0/s1. The molecule has 1 fully saturated rings. The molecule has 172 valence electrons. The van der Waals surface area contributed by atoms with Crippen molar-refractivity contribution in [1.29, 1.82) is 0 Å². The van der Waals surface area contributed by atoms with Gasteiger partial charge in [0.15, 0.2) is 0 Å². The van der Waals surface area contributed by atoms with E-state index in [1.165, 1.54) is 7.11 Å². The van der Waals surface area contributed by atoms with Crippen LogP contribution in [-0.4, -0.2) is 35.7 Å². The van der Waals surface area contributed by atoms with Crippen molar-refractivity contribution in [3.05, 3.63) is 81.9 Å². The van der Waals surface area contributed by atoms with Crippen LogP contribution in [0.25, 0.3) is 0 Å². The van der Waals surface area contributed by atoms with E-state index in [1.807, 2.05) is 74.5 Å². The van der Waals surface area contributed by atoms with Gasteiger partial charge in [-0.1, -0.05) is 80.9 Å². The molecule has 0 radical (unpaired) electrons. The highest BCUT2D eigenvalue weighted by Gasteiger charge is 2.64. The topological polar surface area (TPSA) is 90.7 Å². The summed E-state index contributed by atoms with van der Waals surface area (Å²) in [6, 6.07) is 17.2. The number of rotatable bonds is 9. The van der Waals surface area contributed by atoms with Gasteiger partial charge in [-0.3, -0.25) is 20.2 Å². The summed E-state index contributed by atoms with van der Waals surface area (Å²) in [4.78, 5) is 25.2. The molecular weight excluding hydrogens is 408 g/mol. The molecule has 0 amide bonds. The lowest BCUT2D eigenvalue weighted by Gasteiger charge is -2.37. The minimum absolute atomic E-state index is 0.00790. The van der Waals surface area contributed by atoms with Crippen LogP contribution in [0.4, 0.5) is 0 Å². The molecule has 0 aromatic heterocycles. The van der Waals surface area contributed by atoms with E-state index in [4.69, 9.17) is 9.47 Å². The molecule has 0 spiro atoms. The number of methoxy groups -OCH3 is 1. The van der Waals surface area contributed by atoms with E-state index in [-0.39, 0.29) is 10.8 Å². The lowest BCUT2D eigenvalue weighted by Crippen LogP contribution is -2.56. The van der Waals surface area contributed by atoms with E-state index in [1.54, 1.807) is 6.92 Å². The van der Waals surface area contributed by atoms with Gasteiger partial charge < -0.3 is 9.47 Å². The van der Waals surface area contributed by atoms with E-state index < -0.39 is 35.6 Å². The first-order valence-corrected chi connectivity index (χ1v) is 11.0. The van der Waals surface area contributed by atoms with Crippen LogP contribution >= 0.6 is 0 Å². The van der Waals surface area contributed by atoms with Crippen LogP contribution in [0.5, 0.6) is 0 Å². The van der Waals surface area contributed by atoms with Crippen molar-refractivity contribution in [1.82, 2.24) is 5.32 Å². The van der Waals surface area contributed by atoms with Gasteiger partial charge in [0.2, 0.25) is 6.04 Å². The third kappa shape index (κ3) is 4.69. The zero-order chi connectivity index (χ0) is 23.3. The normalized spacial score (nSPS) is 26.9. The van der Waals surface area contributed by atoms with Crippen molar-refractivity contribution in [2.75, 3.05) is 7.11 Å². The Bertz CT molecular complexity index is 907. The van der Waals surface area contributed by atoms with Crippen molar-refractivity contribution in [2.24, 2.45) is 11.8 Å².